The first-order chi connectivity index (χ1) is 46.7. The van der Waals surface area contributed by atoms with E-state index >= 15 is 0 Å². The number of carbonyl (C=O) groups is 3. The molecule has 0 radical (unpaired) electrons. The van der Waals surface area contributed by atoms with E-state index in [1.807, 2.05) is 113 Å². The topological polar surface area (TPSA) is 267 Å². The third-order valence-corrected chi connectivity index (χ3v) is 16.3. The van der Waals surface area contributed by atoms with Crippen molar-refractivity contribution in [3.05, 3.63) is 178 Å². The number of nitrogens with one attached hydrogen (secondary N) is 1. The number of anilines is 1. The van der Waals surface area contributed by atoms with Crippen LogP contribution in [0.4, 0.5) is 15.5 Å². The lowest BCUT2D eigenvalue weighted by atomic mass is 9.97. The lowest BCUT2D eigenvalue weighted by Gasteiger charge is -2.32. The standard InChI is InChI=1S/C30H28N8O4.C17H25NO4.C14H19NO3.C12H17NO2.ClH/c1-40-14-15-41-22-10-9-21-18-36(12-11-20(21)16-22)29(39)25(19-6-3-2-4-7-19)37-28-23(17-32-37)27-33-26(24-8-5-13-42-24)35-38(27)30(31)34-28;1-17(2,3)22-16(19)18-8-7-13-11-15(21-10-9-20-4)6-5-14(13)12-18;1-14(2,3)18-13(17)15-7-6-10-8-12(16)5-4-11(10)9-15;1-14-6-7-15-12-3-2-11-9-13-5-4-10(11)8-12;/h2-10,13,16-17,25H,11-12,14-15,18H2,1H3,(H2,31,34);5-6,11H,7-10,12H2,1-4H3;4-5,8,16H,6-7,9H2,1-3H3;2-3,8,13H,4-7,9H2,1H3;1H. The molecule has 0 saturated carbocycles. The molecular formula is C73H90ClN11O13. The van der Waals surface area contributed by atoms with Gasteiger partial charge in [-0.05, 0) is 185 Å². The number of hydrogen-bond donors (Lipinski definition) is 3. The zero-order chi connectivity index (χ0) is 68.6. The largest absolute Gasteiger partial charge is 0.508 e. The molecule has 4 aliphatic rings. The molecule has 9 aromatic rings. The van der Waals surface area contributed by atoms with Crippen LogP contribution in [0.15, 0.2) is 132 Å². The highest BCUT2D eigenvalue weighted by Gasteiger charge is 2.34. The molecule has 8 heterocycles. The van der Waals surface area contributed by atoms with Gasteiger partial charge in [-0.3, -0.25) is 4.79 Å². The molecule has 0 aliphatic carbocycles. The van der Waals surface area contributed by atoms with Gasteiger partial charge >= 0.3 is 12.2 Å². The van der Waals surface area contributed by atoms with E-state index < -0.39 is 17.2 Å². The van der Waals surface area contributed by atoms with Gasteiger partial charge in [0.2, 0.25) is 11.8 Å². The van der Waals surface area contributed by atoms with Gasteiger partial charge in [0.05, 0.1) is 37.7 Å². The Labute approximate surface area is 577 Å². The van der Waals surface area contributed by atoms with E-state index in [1.54, 1.807) is 72.5 Å². The number of methoxy groups -OCH3 is 3. The fourth-order valence-electron chi connectivity index (χ4n) is 11.5. The molecule has 4 N–H and O–H groups in total. The second-order valence-corrected chi connectivity index (χ2v) is 25.8. The number of fused-ring (bicyclic) bond motifs is 7. The summed E-state index contributed by atoms with van der Waals surface area (Å²) in [5, 5.41) is 22.5. The summed E-state index contributed by atoms with van der Waals surface area (Å²) >= 11 is 0. The molecular weight excluding hydrogens is 1270 g/mol. The molecule has 0 spiro atoms. The van der Waals surface area contributed by atoms with Gasteiger partial charge in [-0.15, -0.1) is 17.5 Å². The molecule has 3 amide bonds. The van der Waals surface area contributed by atoms with Crippen molar-refractivity contribution < 1.29 is 61.8 Å². The maximum absolute atomic E-state index is 14.3. The molecule has 24 nitrogen and oxygen atoms in total. The average molecular weight is 1370 g/mol. The summed E-state index contributed by atoms with van der Waals surface area (Å²) in [6.07, 6.45) is 6.05. The van der Waals surface area contributed by atoms with Crippen molar-refractivity contribution in [3.63, 3.8) is 0 Å². The Morgan fingerprint density at radius 1 is 0.582 bits per heavy atom. The van der Waals surface area contributed by atoms with Gasteiger partial charge in [0.25, 0.3) is 5.91 Å². The number of ether oxygens (including phenoxy) is 8. The van der Waals surface area contributed by atoms with Gasteiger partial charge in [0.15, 0.2) is 23.1 Å². The average Bonchev–Trinajstić information content (AvgIpc) is 1.58. The van der Waals surface area contributed by atoms with Crippen LogP contribution in [0.5, 0.6) is 23.0 Å². The first kappa shape index (κ1) is 72.8. The second-order valence-electron chi connectivity index (χ2n) is 25.8. The molecule has 1 unspecified atom stereocenters. The normalized spacial score (nSPS) is 14.2. The van der Waals surface area contributed by atoms with E-state index in [1.165, 1.54) is 26.8 Å². The van der Waals surface area contributed by atoms with Gasteiger partial charge in [-0.25, -0.2) is 19.3 Å². The maximum atomic E-state index is 14.3. The monoisotopic (exact) mass is 1360 g/mol. The number of halogens is 1. The van der Waals surface area contributed by atoms with Gasteiger partial charge in [0.1, 0.15) is 54.0 Å². The Kier molecular flexibility index (Phi) is 25.0. The molecule has 4 aromatic heterocycles. The number of phenolic OH excluding ortho intramolecular Hbond substituents is 1. The molecule has 25 heteroatoms. The number of benzene rings is 5. The Hall–Kier alpha value is -9.46. The lowest BCUT2D eigenvalue weighted by Crippen LogP contribution is -2.41. The number of aromatic nitrogens is 6. The van der Waals surface area contributed by atoms with Crippen LogP contribution in [-0.4, -0.2) is 166 Å². The smallest absolute Gasteiger partial charge is 0.410 e. The Morgan fingerprint density at radius 3 is 1.60 bits per heavy atom. The minimum absolute atomic E-state index is 0. The van der Waals surface area contributed by atoms with Crippen molar-refractivity contribution in [2.45, 2.75) is 111 Å². The molecule has 98 heavy (non-hydrogen) atoms. The van der Waals surface area contributed by atoms with Crippen molar-refractivity contribution >= 4 is 53.1 Å². The maximum Gasteiger partial charge on any atom is 0.410 e. The lowest BCUT2D eigenvalue weighted by molar-refractivity contribution is -0.134. The van der Waals surface area contributed by atoms with Crippen LogP contribution in [0, 0.1) is 0 Å². The van der Waals surface area contributed by atoms with E-state index in [0.717, 1.165) is 77.4 Å². The van der Waals surface area contributed by atoms with Gasteiger partial charge in [0, 0.05) is 67.1 Å². The van der Waals surface area contributed by atoms with Crippen molar-refractivity contribution in [2.24, 2.45) is 0 Å². The Morgan fingerprint density at radius 2 is 1.08 bits per heavy atom. The summed E-state index contributed by atoms with van der Waals surface area (Å²) in [5.41, 5.74) is 16.7. The van der Waals surface area contributed by atoms with Crippen molar-refractivity contribution in [3.8, 4) is 34.6 Å². The number of amides is 3. The highest BCUT2D eigenvalue weighted by molar-refractivity contribution is 5.93. The number of nitrogen functional groups attached to an aromatic ring is 1. The molecule has 4 aliphatic heterocycles. The van der Waals surface area contributed by atoms with E-state index in [9.17, 15) is 19.5 Å². The number of carbonyl (C=O) groups excluding carboxylic acids is 3. The summed E-state index contributed by atoms with van der Waals surface area (Å²) < 4.78 is 51.3. The second kappa shape index (κ2) is 33.7. The van der Waals surface area contributed by atoms with Crippen molar-refractivity contribution in [1.29, 1.82) is 0 Å². The minimum Gasteiger partial charge on any atom is -0.508 e. The molecule has 13 rings (SSSR count). The van der Waals surface area contributed by atoms with E-state index in [2.05, 4.69) is 49.7 Å². The highest BCUT2D eigenvalue weighted by Crippen LogP contribution is 2.33. The molecule has 0 fully saturated rings. The van der Waals surface area contributed by atoms with Crippen LogP contribution >= 0.6 is 12.4 Å². The van der Waals surface area contributed by atoms with Crippen LogP contribution < -0.4 is 25.3 Å². The van der Waals surface area contributed by atoms with Crippen LogP contribution in [-0.2, 0) is 80.3 Å². The summed E-state index contributed by atoms with van der Waals surface area (Å²) in [7, 11) is 4.98. The van der Waals surface area contributed by atoms with Crippen LogP contribution in [0.25, 0.3) is 28.3 Å². The third-order valence-electron chi connectivity index (χ3n) is 16.3. The van der Waals surface area contributed by atoms with Crippen molar-refractivity contribution in [1.82, 2.24) is 49.4 Å². The zero-order valence-corrected chi connectivity index (χ0v) is 58.1. The van der Waals surface area contributed by atoms with E-state index in [-0.39, 0.29) is 42.2 Å². The molecule has 522 valence electrons. The molecule has 0 saturated heterocycles. The number of aromatic hydroxyl groups is 1. The third kappa shape index (κ3) is 19.2. The zero-order valence-electron chi connectivity index (χ0n) is 57.3. The number of furan rings is 1. The minimum atomic E-state index is -0.760. The van der Waals surface area contributed by atoms with Crippen LogP contribution in [0.3, 0.4) is 0 Å². The fraction of sp³-hybridized carbons (Fsp3) is 0.411. The predicted molar refractivity (Wildman–Crippen MR) is 373 cm³/mol. The number of phenols is 1. The molecule has 1 atom stereocenters. The number of nitrogens with zero attached hydrogens (tertiary/aromatic N) is 9. The summed E-state index contributed by atoms with van der Waals surface area (Å²) in [6, 6.07) is 36.0. The van der Waals surface area contributed by atoms with Gasteiger partial charge in [-0.1, -0.05) is 54.6 Å². The predicted octanol–water partition coefficient (Wildman–Crippen LogP) is 11.0. The fourth-order valence-corrected chi connectivity index (χ4v) is 11.5. The Balaban J connectivity index is 0.000000169. The van der Waals surface area contributed by atoms with Crippen LogP contribution in [0.1, 0.15) is 97.7 Å². The quantitative estimate of drug-likeness (QED) is 0.0759. The number of hydrogen-bond acceptors (Lipinski definition) is 19. The highest BCUT2D eigenvalue weighted by atomic mass is 35.5. The first-order valence-electron chi connectivity index (χ1n) is 32.7. The van der Waals surface area contributed by atoms with E-state index in [0.29, 0.717) is 114 Å². The summed E-state index contributed by atoms with van der Waals surface area (Å²) in [5.74, 6) is 3.80. The number of rotatable bonds is 16. The summed E-state index contributed by atoms with van der Waals surface area (Å²) in [4.78, 5) is 53.0. The SMILES string of the molecule is CC(C)(C)OC(=O)N1CCc2cc(O)ccc2C1.COCCOc1ccc2c(c1)CCN(C(=O)C(c1ccccc1)n1ncc3c1nc(N)n1nc(-c4ccco4)nc31)C2.COCCOc1ccc2c(c1)CCN(C(=O)OC(C)(C)C)C2.COCCOc1ccc2c(c1)CCNC2.Cl. The van der Waals surface area contributed by atoms with Crippen LogP contribution in [0.2, 0.25) is 0 Å². The number of nitrogens with two attached hydrogens (primary N) is 1. The van der Waals surface area contributed by atoms with Gasteiger partial charge in [-0.2, -0.15) is 14.6 Å². The molecule has 5 aromatic carbocycles. The van der Waals surface area contributed by atoms with E-state index in [4.69, 9.17) is 48.0 Å². The van der Waals surface area contributed by atoms with Crippen molar-refractivity contribution in [2.75, 3.05) is 92.9 Å². The Bertz CT molecular complexity index is 4110. The summed E-state index contributed by atoms with van der Waals surface area (Å²) in [6.45, 7) is 20.1. The van der Waals surface area contributed by atoms with Gasteiger partial charge < -0.3 is 73.2 Å². The first-order valence-corrected chi connectivity index (χ1v) is 32.7. The molecule has 0 bridgehead atoms.